The molecule has 94 valence electrons. The zero-order valence-corrected chi connectivity index (χ0v) is 10.4. The van der Waals surface area contributed by atoms with Gasteiger partial charge in [-0.3, -0.25) is 4.79 Å². The Morgan fingerprint density at radius 2 is 2.17 bits per heavy atom. The first-order valence-corrected chi connectivity index (χ1v) is 6.33. The number of carbonyl (C=O) groups is 1. The van der Waals surface area contributed by atoms with E-state index in [1.165, 1.54) is 12.8 Å². The van der Waals surface area contributed by atoms with Crippen molar-refractivity contribution in [3.8, 4) is 11.8 Å². The summed E-state index contributed by atoms with van der Waals surface area (Å²) in [6, 6.07) is 7.83. The number of rotatable bonds is 4. The molecule has 2 rings (SSSR count). The zero-order valence-electron chi connectivity index (χ0n) is 10.4. The van der Waals surface area contributed by atoms with Gasteiger partial charge in [0.25, 0.3) is 0 Å². The summed E-state index contributed by atoms with van der Waals surface area (Å²) in [4.78, 5) is 11.6. The van der Waals surface area contributed by atoms with E-state index in [2.05, 4.69) is 17.2 Å². The molecule has 1 saturated carbocycles. The standard InChI is InChI=1S/C15H18N2O/c16-9-3-6-13-4-1-2-5-14(13)11-17-15(18)10-12-7-8-12/h1-2,4-5,12H,7-11,16H2,(H,17,18). The van der Waals surface area contributed by atoms with Crippen LogP contribution in [0.4, 0.5) is 0 Å². The lowest BCUT2D eigenvalue weighted by atomic mass is 10.1. The van der Waals surface area contributed by atoms with Crippen LogP contribution in [0, 0.1) is 17.8 Å². The first-order chi connectivity index (χ1) is 8.79. The first kappa shape index (κ1) is 12.7. The van der Waals surface area contributed by atoms with E-state index in [4.69, 9.17) is 5.73 Å². The molecule has 0 aromatic heterocycles. The van der Waals surface area contributed by atoms with Crippen molar-refractivity contribution < 1.29 is 4.79 Å². The molecule has 1 aliphatic carbocycles. The number of nitrogens with one attached hydrogen (secondary N) is 1. The number of carbonyl (C=O) groups excluding carboxylic acids is 1. The second kappa shape index (κ2) is 6.23. The van der Waals surface area contributed by atoms with Gasteiger partial charge in [-0.25, -0.2) is 0 Å². The van der Waals surface area contributed by atoms with Crippen molar-refractivity contribution >= 4 is 5.91 Å². The summed E-state index contributed by atoms with van der Waals surface area (Å²) in [6.45, 7) is 0.892. The molecule has 0 heterocycles. The predicted octanol–water partition coefficient (Wildman–Crippen LogP) is 1.41. The van der Waals surface area contributed by atoms with Crippen LogP contribution in [0.3, 0.4) is 0 Å². The average molecular weight is 242 g/mol. The van der Waals surface area contributed by atoms with Crippen molar-refractivity contribution in [2.45, 2.75) is 25.8 Å². The third-order valence-corrected chi connectivity index (χ3v) is 2.99. The molecule has 0 unspecified atom stereocenters. The number of benzene rings is 1. The maximum Gasteiger partial charge on any atom is 0.220 e. The molecule has 0 atom stereocenters. The fraction of sp³-hybridized carbons (Fsp3) is 0.400. The monoisotopic (exact) mass is 242 g/mol. The van der Waals surface area contributed by atoms with Crippen LogP contribution in [0.1, 0.15) is 30.4 Å². The van der Waals surface area contributed by atoms with Gasteiger partial charge in [0.15, 0.2) is 0 Å². The summed E-state index contributed by atoms with van der Waals surface area (Å²) in [5.74, 6) is 6.62. The van der Waals surface area contributed by atoms with Crippen LogP contribution < -0.4 is 11.1 Å². The van der Waals surface area contributed by atoms with E-state index in [-0.39, 0.29) is 5.91 Å². The number of amides is 1. The van der Waals surface area contributed by atoms with Gasteiger partial charge in [-0.1, -0.05) is 30.0 Å². The highest BCUT2D eigenvalue weighted by Gasteiger charge is 2.24. The normalized spacial score (nSPS) is 13.6. The van der Waals surface area contributed by atoms with Gasteiger partial charge in [-0.2, -0.15) is 0 Å². The van der Waals surface area contributed by atoms with Crippen LogP contribution in [0.5, 0.6) is 0 Å². The Morgan fingerprint density at radius 3 is 2.89 bits per heavy atom. The Labute approximate surface area is 108 Å². The molecule has 0 saturated heterocycles. The quantitative estimate of drug-likeness (QED) is 0.784. The van der Waals surface area contributed by atoms with Crippen LogP contribution in [0.25, 0.3) is 0 Å². The molecule has 18 heavy (non-hydrogen) atoms. The lowest BCUT2D eigenvalue weighted by Gasteiger charge is -2.06. The first-order valence-electron chi connectivity index (χ1n) is 6.33. The van der Waals surface area contributed by atoms with E-state index in [1.807, 2.05) is 24.3 Å². The smallest absolute Gasteiger partial charge is 0.220 e. The van der Waals surface area contributed by atoms with E-state index in [0.29, 0.717) is 25.4 Å². The summed E-state index contributed by atoms with van der Waals surface area (Å²) >= 11 is 0. The van der Waals surface area contributed by atoms with Gasteiger partial charge in [0, 0.05) is 18.5 Å². The zero-order chi connectivity index (χ0) is 12.8. The molecule has 1 aromatic carbocycles. The summed E-state index contributed by atoms with van der Waals surface area (Å²) < 4.78 is 0. The van der Waals surface area contributed by atoms with Crippen molar-refractivity contribution in [3.05, 3.63) is 35.4 Å². The SMILES string of the molecule is NCC#Cc1ccccc1CNC(=O)CC1CC1. The molecule has 0 radical (unpaired) electrons. The van der Waals surface area contributed by atoms with Crippen LogP contribution in [0.15, 0.2) is 24.3 Å². The van der Waals surface area contributed by atoms with Crippen molar-refractivity contribution in [1.82, 2.24) is 5.32 Å². The predicted molar refractivity (Wildman–Crippen MR) is 71.6 cm³/mol. The second-order valence-corrected chi connectivity index (χ2v) is 4.59. The Balaban J connectivity index is 1.92. The molecule has 3 heteroatoms. The van der Waals surface area contributed by atoms with Crippen LogP contribution >= 0.6 is 0 Å². The summed E-state index contributed by atoms with van der Waals surface area (Å²) in [5.41, 5.74) is 7.35. The molecule has 1 aromatic rings. The van der Waals surface area contributed by atoms with Crippen molar-refractivity contribution in [1.29, 1.82) is 0 Å². The van der Waals surface area contributed by atoms with E-state index in [9.17, 15) is 4.79 Å². The second-order valence-electron chi connectivity index (χ2n) is 4.59. The molecular weight excluding hydrogens is 224 g/mol. The minimum Gasteiger partial charge on any atom is -0.352 e. The average Bonchev–Trinajstić information content (AvgIpc) is 3.18. The van der Waals surface area contributed by atoms with E-state index >= 15 is 0 Å². The fourth-order valence-corrected chi connectivity index (χ4v) is 1.79. The Morgan fingerprint density at radius 1 is 1.39 bits per heavy atom. The minimum absolute atomic E-state index is 0.138. The summed E-state index contributed by atoms with van der Waals surface area (Å²) in [5, 5.41) is 2.95. The van der Waals surface area contributed by atoms with Crippen molar-refractivity contribution in [3.63, 3.8) is 0 Å². The van der Waals surface area contributed by atoms with E-state index < -0.39 is 0 Å². The molecule has 0 spiro atoms. The van der Waals surface area contributed by atoms with Crippen LogP contribution in [-0.4, -0.2) is 12.5 Å². The summed E-state index contributed by atoms with van der Waals surface area (Å²) in [6.07, 6.45) is 3.06. The summed E-state index contributed by atoms with van der Waals surface area (Å²) in [7, 11) is 0. The molecule has 1 aliphatic rings. The lowest BCUT2D eigenvalue weighted by Crippen LogP contribution is -2.23. The topological polar surface area (TPSA) is 55.1 Å². The molecule has 3 N–H and O–H groups in total. The number of hydrogen-bond acceptors (Lipinski definition) is 2. The minimum atomic E-state index is 0.138. The molecular formula is C15H18N2O. The van der Waals surface area contributed by atoms with Crippen molar-refractivity contribution in [2.24, 2.45) is 11.7 Å². The molecule has 3 nitrogen and oxygen atoms in total. The highest BCUT2D eigenvalue weighted by Crippen LogP contribution is 2.32. The Kier molecular flexibility index (Phi) is 4.38. The van der Waals surface area contributed by atoms with Gasteiger partial charge in [0.2, 0.25) is 5.91 Å². The Bertz CT molecular complexity index is 481. The van der Waals surface area contributed by atoms with Gasteiger partial charge in [0.1, 0.15) is 0 Å². The molecule has 0 aliphatic heterocycles. The highest BCUT2D eigenvalue weighted by molar-refractivity contribution is 5.76. The third-order valence-electron chi connectivity index (χ3n) is 2.99. The molecule has 0 bridgehead atoms. The van der Waals surface area contributed by atoms with E-state index in [1.54, 1.807) is 0 Å². The van der Waals surface area contributed by atoms with Gasteiger partial charge in [-0.15, -0.1) is 0 Å². The van der Waals surface area contributed by atoms with Gasteiger partial charge in [-0.05, 0) is 30.4 Å². The largest absolute Gasteiger partial charge is 0.352 e. The van der Waals surface area contributed by atoms with Crippen molar-refractivity contribution in [2.75, 3.05) is 6.54 Å². The maximum absolute atomic E-state index is 11.6. The number of nitrogens with two attached hydrogens (primary N) is 1. The molecule has 1 amide bonds. The maximum atomic E-state index is 11.6. The Hall–Kier alpha value is -1.79. The van der Waals surface area contributed by atoms with E-state index in [0.717, 1.165) is 11.1 Å². The van der Waals surface area contributed by atoms with Gasteiger partial charge >= 0.3 is 0 Å². The van der Waals surface area contributed by atoms with Gasteiger partial charge < -0.3 is 11.1 Å². The fourth-order valence-electron chi connectivity index (χ4n) is 1.79. The number of hydrogen-bond donors (Lipinski definition) is 2. The lowest BCUT2D eigenvalue weighted by molar-refractivity contribution is -0.121. The van der Waals surface area contributed by atoms with Gasteiger partial charge in [0.05, 0.1) is 6.54 Å². The molecule has 1 fully saturated rings. The van der Waals surface area contributed by atoms with Crippen LogP contribution in [-0.2, 0) is 11.3 Å². The third kappa shape index (κ3) is 3.90. The highest BCUT2D eigenvalue weighted by atomic mass is 16.1. The van der Waals surface area contributed by atoms with Crippen LogP contribution in [0.2, 0.25) is 0 Å².